The van der Waals surface area contributed by atoms with E-state index in [2.05, 4.69) is 0 Å². The maximum Gasteiger partial charge on any atom is 0.276 e. The first kappa shape index (κ1) is 8.60. The molecular weight excluding hydrogens is 177 g/mol. The minimum absolute atomic E-state index is 0.0728. The Kier molecular flexibility index (Phi) is 1.82. The molecule has 1 aromatic carbocycles. The first-order chi connectivity index (χ1) is 6.10. The van der Waals surface area contributed by atoms with Crippen molar-refractivity contribution >= 4 is 0 Å². The molecule has 0 aromatic heterocycles. The molecule has 0 unspecified atom stereocenters. The van der Waals surface area contributed by atoms with Gasteiger partial charge in [-0.25, -0.2) is 13.2 Å². The largest absolute Gasteiger partial charge is 0.276 e. The fourth-order valence-electron chi connectivity index (χ4n) is 1.35. The average molecular weight is 186 g/mol. The monoisotopic (exact) mass is 186 g/mol. The summed E-state index contributed by atoms with van der Waals surface area (Å²) in [5.41, 5.74) is -0.0728. The third-order valence-electron chi connectivity index (χ3n) is 2.32. The second-order valence-corrected chi connectivity index (χ2v) is 3.40. The molecule has 1 aliphatic carbocycles. The van der Waals surface area contributed by atoms with Crippen LogP contribution in [0.5, 0.6) is 0 Å². The van der Waals surface area contributed by atoms with Crippen molar-refractivity contribution in [3.63, 3.8) is 0 Å². The van der Waals surface area contributed by atoms with E-state index in [0.717, 1.165) is 24.3 Å². The summed E-state index contributed by atoms with van der Waals surface area (Å²) in [5, 5.41) is 0. The zero-order valence-corrected chi connectivity index (χ0v) is 6.93. The summed E-state index contributed by atoms with van der Waals surface area (Å²) >= 11 is 0. The van der Waals surface area contributed by atoms with Gasteiger partial charge in [0.25, 0.3) is 5.92 Å². The van der Waals surface area contributed by atoms with Crippen molar-refractivity contribution in [1.82, 2.24) is 0 Å². The number of halogens is 3. The van der Waals surface area contributed by atoms with E-state index < -0.39 is 17.7 Å². The van der Waals surface area contributed by atoms with E-state index in [4.69, 9.17) is 0 Å². The maximum absolute atomic E-state index is 13.4. The highest BCUT2D eigenvalue weighted by Crippen LogP contribution is 2.49. The van der Waals surface area contributed by atoms with Crippen LogP contribution in [0.25, 0.3) is 0 Å². The minimum Gasteiger partial charge on any atom is -0.207 e. The van der Waals surface area contributed by atoms with Crippen molar-refractivity contribution in [2.75, 3.05) is 0 Å². The fraction of sp³-hybridized carbons (Fsp3) is 0.400. The normalized spacial score (nSPS) is 17.5. The van der Waals surface area contributed by atoms with Gasteiger partial charge >= 0.3 is 0 Å². The topological polar surface area (TPSA) is 0 Å². The summed E-state index contributed by atoms with van der Waals surface area (Å²) in [6, 6.07) is 4.47. The Morgan fingerprint density at radius 3 is 2.08 bits per heavy atom. The molecule has 0 bridgehead atoms. The van der Waals surface area contributed by atoms with Crippen LogP contribution in [0.3, 0.4) is 0 Å². The first-order valence-corrected chi connectivity index (χ1v) is 4.24. The van der Waals surface area contributed by atoms with E-state index in [1.165, 1.54) is 0 Å². The molecule has 0 N–H and O–H groups in total. The SMILES string of the molecule is Fc1ccc(C(F)(F)C2CC2)cc1. The van der Waals surface area contributed by atoms with Gasteiger partial charge in [0.2, 0.25) is 0 Å². The molecule has 0 amide bonds. The molecule has 0 atom stereocenters. The Hall–Kier alpha value is -0.990. The van der Waals surface area contributed by atoms with Gasteiger partial charge in [0, 0.05) is 11.5 Å². The first-order valence-electron chi connectivity index (χ1n) is 4.24. The van der Waals surface area contributed by atoms with E-state index in [0.29, 0.717) is 12.8 Å². The van der Waals surface area contributed by atoms with Crippen molar-refractivity contribution in [2.24, 2.45) is 5.92 Å². The highest BCUT2D eigenvalue weighted by Gasteiger charge is 2.47. The number of hydrogen-bond donors (Lipinski definition) is 0. The van der Waals surface area contributed by atoms with Crippen LogP contribution in [-0.2, 0) is 5.92 Å². The van der Waals surface area contributed by atoms with Crippen LogP contribution in [0.2, 0.25) is 0 Å². The molecule has 3 heteroatoms. The molecule has 0 saturated heterocycles. The molecule has 13 heavy (non-hydrogen) atoms. The predicted octanol–water partition coefficient (Wildman–Crippen LogP) is 3.33. The summed E-state index contributed by atoms with van der Waals surface area (Å²) in [7, 11) is 0. The Morgan fingerprint density at radius 1 is 1.08 bits per heavy atom. The van der Waals surface area contributed by atoms with Crippen molar-refractivity contribution < 1.29 is 13.2 Å². The third-order valence-corrected chi connectivity index (χ3v) is 2.32. The number of rotatable bonds is 2. The lowest BCUT2D eigenvalue weighted by molar-refractivity contribution is -0.0285. The molecule has 0 nitrogen and oxygen atoms in total. The van der Waals surface area contributed by atoms with Gasteiger partial charge in [-0.05, 0) is 25.0 Å². The van der Waals surface area contributed by atoms with Crippen LogP contribution in [-0.4, -0.2) is 0 Å². The number of benzene rings is 1. The van der Waals surface area contributed by atoms with Crippen molar-refractivity contribution in [3.8, 4) is 0 Å². The Balaban J connectivity index is 2.28. The quantitative estimate of drug-likeness (QED) is 0.664. The lowest BCUT2D eigenvalue weighted by atomic mass is 10.0. The number of hydrogen-bond acceptors (Lipinski definition) is 0. The van der Waals surface area contributed by atoms with Crippen LogP contribution in [0.4, 0.5) is 13.2 Å². The average Bonchev–Trinajstić information content (AvgIpc) is 2.87. The molecule has 0 aliphatic heterocycles. The molecule has 1 aliphatic rings. The van der Waals surface area contributed by atoms with Gasteiger partial charge in [0.15, 0.2) is 0 Å². The van der Waals surface area contributed by atoms with Crippen molar-refractivity contribution in [2.45, 2.75) is 18.8 Å². The second-order valence-electron chi connectivity index (χ2n) is 3.40. The van der Waals surface area contributed by atoms with Crippen LogP contribution in [0, 0.1) is 11.7 Å². The van der Waals surface area contributed by atoms with E-state index >= 15 is 0 Å². The van der Waals surface area contributed by atoms with E-state index in [9.17, 15) is 13.2 Å². The zero-order valence-electron chi connectivity index (χ0n) is 6.93. The fourth-order valence-corrected chi connectivity index (χ4v) is 1.35. The van der Waals surface area contributed by atoms with Crippen LogP contribution in [0.1, 0.15) is 18.4 Å². The molecule has 0 spiro atoms. The molecule has 0 heterocycles. The summed E-state index contributed by atoms with van der Waals surface area (Å²) in [5.74, 6) is -3.78. The van der Waals surface area contributed by atoms with Gasteiger partial charge in [-0.15, -0.1) is 0 Å². The summed E-state index contributed by atoms with van der Waals surface area (Å²) in [6.07, 6.45) is 1.15. The predicted molar refractivity (Wildman–Crippen MR) is 43.0 cm³/mol. The summed E-state index contributed by atoms with van der Waals surface area (Å²) < 4.78 is 39.1. The molecule has 0 radical (unpaired) electrons. The van der Waals surface area contributed by atoms with Crippen molar-refractivity contribution in [3.05, 3.63) is 35.6 Å². The molecular formula is C10H9F3. The van der Waals surface area contributed by atoms with Gasteiger partial charge in [-0.1, -0.05) is 12.1 Å². The second kappa shape index (κ2) is 2.76. The van der Waals surface area contributed by atoms with E-state index in [-0.39, 0.29) is 5.56 Å². The molecule has 1 aromatic rings. The minimum atomic E-state index is -2.77. The van der Waals surface area contributed by atoms with Gasteiger partial charge in [-0.2, -0.15) is 0 Å². The van der Waals surface area contributed by atoms with Crippen LogP contribution in [0.15, 0.2) is 24.3 Å². The highest BCUT2D eigenvalue weighted by atomic mass is 19.3. The number of alkyl halides is 2. The summed E-state index contributed by atoms with van der Waals surface area (Å²) in [6.45, 7) is 0. The zero-order chi connectivity index (χ0) is 9.47. The maximum atomic E-state index is 13.4. The van der Waals surface area contributed by atoms with Crippen LogP contribution >= 0.6 is 0 Å². The third kappa shape index (κ3) is 1.55. The standard InChI is InChI=1S/C10H9F3/c11-9-5-3-8(4-6-9)10(12,13)7-1-2-7/h3-7H,1-2H2. The Labute approximate surface area is 74.4 Å². The van der Waals surface area contributed by atoms with Gasteiger partial charge in [0.05, 0.1) is 0 Å². The Bertz CT molecular complexity index is 298. The van der Waals surface area contributed by atoms with Crippen LogP contribution < -0.4 is 0 Å². The molecule has 70 valence electrons. The smallest absolute Gasteiger partial charge is 0.207 e. The van der Waals surface area contributed by atoms with Crippen molar-refractivity contribution in [1.29, 1.82) is 0 Å². The van der Waals surface area contributed by atoms with Gasteiger partial charge < -0.3 is 0 Å². The molecule has 2 rings (SSSR count). The lowest BCUT2D eigenvalue weighted by Gasteiger charge is -2.15. The van der Waals surface area contributed by atoms with E-state index in [1.54, 1.807) is 0 Å². The molecule has 1 saturated carbocycles. The molecule has 1 fully saturated rings. The highest BCUT2D eigenvalue weighted by molar-refractivity contribution is 5.23. The van der Waals surface area contributed by atoms with Gasteiger partial charge in [-0.3, -0.25) is 0 Å². The van der Waals surface area contributed by atoms with E-state index in [1.807, 2.05) is 0 Å². The Morgan fingerprint density at radius 2 is 1.62 bits per heavy atom. The van der Waals surface area contributed by atoms with Gasteiger partial charge in [0.1, 0.15) is 5.82 Å². The lowest BCUT2D eigenvalue weighted by Crippen LogP contribution is -2.15. The summed E-state index contributed by atoms with van der Waals surface area (Å²) in [4.78, 5) is 0.